The Morgan fingerprint density at radius 2 is 2.09 bits per heavy atom. The third kappa shape index (κ3) is 5.80. The van der Waals surface area contributed by atoms with Crippen LogP contribution in [0.25, 0.3) is 0 Å². The van der Waals surface area contributed by atoms with Crippen LogP contribution < -0.4 is 10.6 Å². The van der Waals surface area contributed by atoms with Gasteiger partial charge >= 0.3 is 0 Å². The largest absolute Gasteiger partial charge is 0.351 e. The molecule has 0 fully saturated rings. The van der Waals surface area contributed by atoms with Gasteiger partial charge in [-0.25, -0.2) is 4.39 Å². The van der Waals surface area contributed by atoms with Crippen molar-refractivity contribution in [3.05, 3.63) is 30.1 Å². The molecule has 2 rings (SSSR count). The zero-order valence-corrected chi connectivity index (χ0v) is 15.0. The number of thioether (sulfide) groups is 1. The summed E-state index contributed by atoms with van der Waals surface area (Å²) >= 11 is 2.67. The summed E-state index contributed by atoms with van der Waals surface area (Å²) < 4.78 is 13.8. The SMILES string of the molecule is C[C@@H](Sc1nnc(Nc2cccc(F)c2)s1)C(=O)NC(C)(C)C. The average Bonchev–Trinajstić information content (AvgIpc) is 2.84. The van der Waals surface area contributed by atoms with Gasteiger partial charge in [0.25, 0.3) is 0 Å². The molecule has 0 unspecified atom stereocenters. The zero-order chi connectivity index (χ0) is 17.0. The third-order valence-corrected chi connectivity index (χ3v) is 4.65. The van der Waals surface area contributed by atoms with Crippen LogP contribution in [0, 0.1) is 5.82 Å². The van der Waals surface area contributed by atoms with Gasteiger partial charge < -0.3 is 10.6 Å². The lowest BCUT2D eigenvalue weighted by atomic mass is 10.1. The monoisotopic (exact) mass is 354 g/mol. The zero-order valence-electron chi connectivity index (χ0n) is 13.4. The number of rotatable bonds is 5. The van der Waals surface area contributed by atoms with Crippen molar-refractivity contribution >= 4 is 39.8 Å². The van der Waals surface area contributed by atoms with Crippen molar-refractivity contribution in [3.63, 3.8) is 0 Å². The highest BCUT2D eigenvalue weighted by Gasteiger charge is 2.21. The van der Waals surface area contributed by atoms with Gasteiger partial charge in [0.15, 0.2) is 4.34 Å². The number of nitrogens with zero attached hydrogens (tertiary/aromatic N) is 2. The van der Waals surface area contributed by atoms with Gasteiger partial charge in [-0.3, -0.25) is 4.79 Å². The van der Waals surface area contributed by atoms with E-state index in [9.17, 15) is 9.18 Å². The Hall–Kier alpha value is -1.67. The number of carbonyl (C=O) groups is 1. The van der Waals surface area contributed by atoms with Crippen LogP contribution in [0.2, 0.25) is 0 Å². The lowest BCUT2D eigenvalue weighted by molar-refractivity contribution is -0.121. The van der Waals surface area contributed by atoms with Gasteiger partial charge in [-0.1, -0.05) is 29.2 Å². The van der Waals surface area contributed by atoms with Crippen LogP contribution >= 0.6 is 23.1 Å². The first-order valence-electron chi connectivity index (χ1n) is 7.08. The standard InChI is InChI=1S/C15H19FN4OS2/c1-9(12(21)18-15(2,3)4)22-14-20-19-13(23-14)17-11-7-5-6-10(16)8-11/h5-9H,1-4H3,(H,17,19)(H,18,21)/t9-/m1/s1. The van der Waals surface area contributed by atoms with Crippen LogP contribution in [-0.2, 0) is 4.79 Å². The first-order valence-corrected chi connectivity index (χ1v) is 8.77. The van der Waals surface area contributed by atoms with E-state index in [4.69, 9.17) is 0 Å². The van der Waals surface area contributed by atoms with Crippen LogP contribution in [0.15, 0.2) is 28.6 Å². The second-order valence-electron chi connectivity index (χ2n) is 6.01. The molecule has 1 amide bonds. The van der Waals surface area contributed by atoms with E-state index in [2.05, 4.69) is 20.8 Å². The predicted molar refractivity (Wildman–Crippen MR) is 92.8 cm³/mol. The van der Waals surface area contributed by atoms with Gasteiger partial charge in [0.2, 0.25) is 11.0 Å². The van der Waals surface area contributed by atoms with Gasteiger partial charge in [-0.2, -0.15) is 0 Å². The number of anilines is 2. The lowest BCUT2D eigenvalue weighted by Crippen LogP contribution is -2.44. The molecule has 23 heavy (non-hydrogen) atoms. The number of aromatic nitrogens is 2. The number of halogens is 1. The molecule has 1 atom stereocenters. The summed E-state index contributed by atoms with van der Waals surface area (Å²) in [5.74, 6) is -0.362. The summed E-state index contributed by atoms with van der Waals surface area (Å²) in [7, 11) is 0. The fourth-order valence-corrected chi connectivity index (χ4v) is 3.59. The highest BCUT2D eigenvalue weighted by molar-refractivity contribution is 8.02. The highest BCUT2D eigenvalue weighted by Crippen LogP contribution is 2.30. The van der Waals surface area contributed by atoms with E-state index in [1.807, 2.05) is 27.7 Å². The van der Waals surface area contributed by atoms with Crippen molar-refractivity contribution in [2.45, 2.75) is 42.8 Å². The van der Waals surface area contributed by atoms with E-state index in [1.54, 1.807) is 12.1 Å². The maximum Gasteiger partial charge on any atom is 0.233 e. The van der Waals surface area contributed by atoms with Crippen molar-refractivity contribution < 1.29 is 9.18 Å². The Morgan fingerprint density at radius 1 is 1.35 bits per heavy atom. The topological polar surface area (TPSA) is 66.9 Å². The summed E-state index contributed by atoms with van der Waals surface area (Å²) in [4.78, 5) is 12.1. The Balaban J connectivity index is 1.95. The molecule has 0 saturated carbocycles. The molecule has 1 aromatic carbocycles. The predicted octanol–water partition coefficient (Wildman–Crippen LogP) is 3.82. The van der Waals surface area contributed by atoms with Gasteiger partial charge in [-0.15, -0.1) is 10.2 Å². The van der Waals surface area contributed by atoms with Crippen molar-refractivity contribution in [1.82, 2.24) is 15.5 Å². The first kappa shape index (κ1) is 17.7. The van der Waals surface area contributed by atoms with E-state index in [-0.39, 0.29) is 22.5 Å². The maximum absolute atomic E-state index is 13.2. The second-order valence-corrected chi connectivity index (χ2v) is 8.57. The molecular formula is C15H19FN4OS2. The van der Waals surface area contributed by atoms with E-state index in [1.165, 1.54) is 35.2 Å². The summed E-state index contributed by atoms with van der Waals surface area (Å²) in [6.45, 7) is 7.64. The van der Waals surface area contributed by atoms with Gasteiger partial charge in [0.05, 0.1) is 5.25 Å². The highest BCUT2D eigenvalue weighted by atomic mass is 32.2. The van der Waals surface area contributed by atoms with E-state index < -0.39 is 0 Å². The van der Waals surface area contributed by atoms with Crippen molar-refractivity contribution in [1.29, 1.82) is 0 Å². The summed E-state index contributed by atoms with van der Waals surface area (Å²) in [5.41, 5.74) is 0.341. The summed E-state index contributed by atoms with van der Waals surface area (Å²) in [5, 5.41) is 14.3. The molecule has 0 aliphatic carbocycles. The van der Waals surface area contributed by atoms with Crippen molar-refractivity contribution in [2.75, 3.05) is 5.32 Å². The minimum Gasteiger partial charge on any atom is -0.351 e. The number of nitrogens with one attached hydrogen (secondary N) is 2. The smallest absolute Gasteiger partial charge is 0.233 e. The fourth-order valence-electron chi connectivity index (χ4n) is 1.67. The normalized spacial score (nSPS) is 12.7. The number of carbonyl (C=O) groups excluding carboxylic acids is 1. The number of hydrogen-bond acceptors (Lipinski definition) is 6. The maximum atomic E-state index is 13.2. The Labute approximate surface area is 143 Å². The van der Waals surface area contributed by atoms with E-state index in [0.717, 1.165) is 0 Å². The molecule has 8 heteroatoms. The third-order valence-electron chi connectivity index (χ3n) is 2.63. The number of benzene rings is 1. The quantitative estimate of drug-likeness (QED) is 0.799. The number of hydrogen-bond donors (Lipinski definition) is 2. The summed E-state index contributed by atoms with van der Waals surface area (Å²) in [6.07, 6.45) is 0. The molecule has 0 saturated heterocycles. The van der Waals surface area contributed by atoms with Crippen LogP contribution in [0.5, 0.6) is 0 Å². The van der Waals surface area contributed by atoms with Crippen LogP contribution in [0.1, 0.15) is 27.7 Å². The minimum atomic E-state index is -0.318. The molecule has 1 heterocycles. The van der Waals surface area contributed by atoms with Crippen molar-refractivity contribution in [2.24, 2.45) is 0 Å². The molecule has 0 spiro atoms. The molecule has 5 nitrogen and oxygen atoms in total. The molecule has 0 aliphatic rings. The first-order chi connectivity index (χ1) is 10.7. The molecule has 0 bridgehead atoms. The van der Waals surface area contributed by atoms with Gasteiger partial charge in [-0.05, 0) is 45.9 Å². The van der Waals surface area contributed by atoms with Gasteiger partial charge in [0.1, 0.15) is 5.82 Å². The molecule has 0 aliphatic heterocycles. The molecule has 2 aromatic rings. The minimum absolute atomic E-state index is 0.0441. The van der Waals surface area contributed by atoms with Crippen LogP contribution in [-0.4, -0.2) is 26.9 Å². The molecule has 124 valence electrons. The Kier molecular flexibility index (Phi) is 5.59. The van der Waals surface area contributed by atoms with Crippen molar-refractivity contribution in [3.8, 4) is 0 Å². The Morgan fingerprint density at radius 3 is 2.74 bits per heavy atom. The molecule has 0 radical (unpaired) electrons. The molecular weight excluding hydrogens is 335 g/mol. The lowest BCUT2D eigenvalue weighted by Gasteiger charge is -2.22. The second kappa shape index (κ2) is 7.27. The fraction of sp³-hybridized carbons (Fsp3) is 0.400. The van der Waals surface area contributed by atoms with Gasteiger partial charge in [0, 0.05) is 11.2 Å². The van der Waals surface area contributed by atoms with E-state index >= 15 is 0 Å². The number of amides is 1. The van der Waals surface area contributed by atoms with Crippen LogP contribution in [0.4, 0.5) is 15.2 Å². The molecule has 2 N–H and O–H groups in total. The Bertz CT molecular complexity index is 684. The van der Waals surface area contributed by atoms with Crippen LogP contribution in [0.3, 0.4) is 0 Å². The van der Waals surface area contributed by atoms with E-state index in [0.29, 0.717) is 15.2 Å². The average molecular weight is 354 g/mol. The summed E-state index contributed by atoms with van der Waals surface area (Å²) in [6, 6.07) is 6.12. The molecule has 1 aromatic heterocycles.